The maximum atomic E-state index is 12.4. The number of nitrogens with one attached hydrogen (secondary N) is 1. The van der Waals surface area contributed by atoms with Crippen LogP contribution in [0.2, 0.25) is 0 Å². The average molecular weight is 276 g/mol. The van der Waals surface area contributed by atoms with Gasteiger partial charge in [0.25, 0.3) is 0 Å². The Morgan fingerprint density at radius 2 is 2.00 bits per heavy atom. The van der Waals surface area contributed by atoms with Crippen molar-refractivity contribution < 1.29 is 13.2 Å². The van der Waals surface area contributed by atoms with Crippen LogP contribution in [0.1, 0.15) is 26.7 Å². The molecule has 0 atom stereocenters. The highest BCUT2D eigenvalue weighted by atomic mass is 32.2. The number of ether oxygens (including phenoxy) is 1. The molecule has 0 saturated carbocycles. The molecule has 1 N–H and O–H groups in total. The third kappa shape index (κ3) is 3.66. The highest BCUT2D eigenvalue weighted by Gasteiger charge is 2.35. The number of rotatable bonds is 3. The summed E-state index contributed by atoms with van der Waals surface area (Å²) >= 11 is 0. The van der Waals surface area contributed by atoms with Crippen molar-refractivity contribution in [1.29, 1.82) is 0 Å². The van der Waals surface area contributed by atoms with Crippen LogP contribution in [0.15, 0.2) is 0 Å². The van der Waals surface area contributed by atoms with E-state index in [9.17, 15) is 8.42 Å². The van der Waals surface area contributed by atoms with E-state index in [-0.39, 0.29) is 5.60 Å². The lowest BCUT2D eigenvalue weighted by Crippen LogP contribution is -2.51. The van der Waals surface area contributed by atoms with Gasteiger partial charge in [0, 0.05) is 13.1 Å². The van der Waals surface area contributed by atoms with Gasteiger partial charge in [-0.3, -0.25) is 0 Å². The molecule has 0 amide bonds. The summed E-state index contributed by atoms with van der Waals surface area (Å²) in [6.07, 6.45) is 1.93. The quantitative estimate of drug-likeness (QED) is 0.812. The van der Waals surface area contributed by atoms with Gasteiger partial charge < -0.3 is 10.1 Å². The zero-order valence-corrected chi connectivity index (χ0v) is 12.1. The lowest BCUT2D eigenvalue weighted by atomic mass is 10.0. The molecule has 2 aliphatic heterocycles. The van der Waals surface area contributed by atoms with Crippen LogP contribution in [0.25, 0.3) is 0 Å². The molecule has 2 fully saturated rings. The first-order valence-corrected chi connectivity index (χ1v) is 8.32. The Kier molecular flexibility index (Phi) is 4.31. The van der Waals surface area contributed by atoms with E-state index in [2.05, 4.69) is 5.32 Å². The number of hydrogen-bond donors (Lipinski definition) is 1. The minimum absolute atomic E-state index is 0.296. The van der Waals surface area contributed by atoms with E-state index < -0.39 is 10.0 Å². The summed E-state index contributed by atoms with van der Waals surface area (Å²) in [5.74, 6) is 0.604. The maximum Gasteiger partial charge on any atom is 0.214 e. The van der Waals surface area contributed by atoms with Crippen LogP contribution in [0.4, 0.5) is 0 Å². The van der Waals surface area contributed by atoms with Crippen LogP contribution in [-0.4, -0.2) is 56.9 Å². The minimum Gasteiger partial charge on any atom is -0.373 e. The summed E-state index contributed by atoms with van der Waals surface area (Å²) in [6, 6.07) is 0. The van der Waals surface area contributed by atoms with Gasteiger partial charge in [-0.1, -0.05) is 0 Å². The first-order chi connectivity index (χ1) is 8.39. The Morgan fingerprint density at radius 3 is 2.61 bits per heavy atom. The standard InChI is InChI=1S/C12H24N2O3S/c1-12(2)10-14(7-8-17-12)18(15,16)9-11-3-5-13-6-4-11/h11,13H,3-10H2,1-2H3. The van der Waals surface area contributed by atoms with Crippen molar-refractivity contribution in [3.63, 3.8) is 0 Å². The molecule has 2 heterocycles. The lowest BCUT2D eigenvalue weighted by Gasteiger charge is -2.38. The van der Waals surface area contributed by atoms with Crippen LogP contribution in [0.5, 0.6) is 0 Å². The van der Waals surface area contributed by atoms with Crippen LogP contribution < -0.4 is 5.32 Å². The first kappa shape index (κ1) is 14.2. The molecule has 18 heavy (non-hydrogen) atoms. The predicted octanol–water partition coefficient (Wildman–Crippen LogP) is 0.427. The summed E-state index contributed by atoms with van der Waals surface area (Å²) in [5, 5.41) is 3.26. The summed E-state index contributed by atoms with van der Waals surface area (Å²) in [5.41, 5.74) is -0.362. The van der Waals surface area contributed by atoms with Gasteiger partial charge in [-0.05, 0) is 45.7 Å². The highest BCUT2D eigenvalue weighted by Crippen LogP contribution is 2.22. The molecule has 0 aromatic carbocycles. The van der Waals surface area contributed by atoms with Crippen molar-refractivity contribution in [2.75, 3.05) is 38.5 Å². The van der Waals surface area contributed by atoms with Crippen LogP contribution >= 0.6 is 0 Å². The molecule has 0 aliphatic carbocycles. The van der Waals surface area contributed by atoms with E-state index in [1.807, 2.05) is 13.8 Å². The molecule has 106 valence electrons. The van der Waals surface area contributed by atoms with Gasteiger partial charge in [-0.15, -0.1) is 0 Å². The normalized spacial score (nSPS) is 27.2. The Morgan fingerprint density at radius 1 is 1.33 bits per heavy atom. The van der Waals surface area contributed by atoms with Gasteiger partial charge >= 0.3 is 0 Å². The van der Waals surface area contributed by atoms with Gasteiger partial charge in [0.05, 0.1) is 18.0 Å². The summed E-state index contributed by atoms with van der Waals surface area (Å²) < 4.78 is 32.0. The zero-order valence-electron chi connectivity index (χ0n) is 11.3. The van der Waals surface area contributed by atoms with Gasteiger partial charge in [0.2, 0.25) is 10.0 Å². The Bertz CT molecular complexity index is 375. The second-order valence-electron chi connectivity index (χ2n) is 5.91. The number of piperidine rings is 1. The van der Waals surface area contributed by atoms with Gasteiger partial charge in [-0.25, -0.2) is 8.42 Å². The average Bonchev–Trinajstić information content (AvgIpc) is 2.28. The fourth-order valence-electron chi connectivity index (χ4n) is 2.66. The minimum atomic E-state index is -3.13. The van der Waals surface area contributed by atoms with Crippen LogP contribution in [-0.2, 0) is 14.8 Å². The largest absolute Gasteiger partial charge is 0.373 e. The molecule has 2 saturated heterocycles. The number of hydrogen-bond acceptors (Lipinski definition) is 4. The van der Waals surface area contributed by atoms with E-state index in [0.29, 0.717) is 31.4 Å². The predicted molar refractivity (Wildman–Crippen MR) is 71.0 cm³/mol. The zero-order chi connectivity index (χ0) is 13.2. The third-order valence-corrected chi connectivity index (χ3v) is 5.68. The second-order valence-corrected chi connectivity index (χ2v) is 7.93. The van der Waals surface area contributed by atoms with Crippen molar-refractivity contribution >= 4 is 10.0 Å². The molecule has 0 spiro atoms. The molecular weight excluding hydrogens is 252 g/mol. The number of morpholine rings is 1. The Labute approximate surface area is 110 Å². The molecule has 0 bridgehead atoms. The topological polar surface area (TPSA) is 58.6 Å². The Hall–Kier alpha value is -0.170. The van der Waals surface area contributed by atoms with Crippen molar-refractivity contribution in [3.05, 3.63) is 0 Å². The van der Waals surface area contributed by atoms with Gasteiger partial charge in [0.1, 0.15) is 0 Å². The van der Waals surface area contributed by atoms with Crippen LogP contribution in [0.3, 0.4) is 0 Å². The molecule has 6 heteroatoms. The van der Waals surface area contributed by atoms with Gasteiger partial charge in [-0.2, -0.15) is 4.31 Å². The molecule has 0 aromatic heterocycles. The molecule has 5 nitrogen and oxygen atoms in total. The first-order valence-electron chi connectivity index (χ1n) is 6.72. The second kappa shape index (κ2) is 5.45. The van der Waals surface area contributed by atoms with E-state index >= 15 is 0 Å². The van der Waals surface area contributed by atoms with Crippen molar-refractivity contribution in [2.24, 2.45) is 5.92 Å². The smallest absolute Gasteiger partial charge is 0.214 e. The fraction of sp³-hybridized carbons (Fsp3) is 1.00. The summed E-state index contributed by atoms with van der Waals surface area (Å²) in [4.78, 5) is 0. The van der Waals surface area contributed by atoms with Gasteiger partial charge in [0.15, 0.2) is 0 Å². The molecule has 0 aromatic rings. The molecule has 0 radical (unpaired) electrons. The van der Waals surface area contributed by atoms with Crippen LogP contribution in [0, 0.1) is 5.92 Å². The Balaban J connectivity index is 1.97. The molecule has 2 aliphatic rings. The molecule has 2 rings (SSSR count). The molecular formula is C12H24N2O3S. The third-order valence-electron chi connectivity index (χ3n) is 3.69. The van der Waals surface area contributed by atoms with Crippen molar-refractivity contribution in [1.82, 2.24) is 9.62 Å². The summed E-state index contributed by atoms with van der Waals surface area (Å²) in [7, 11) is -3.13. The van der Waals surface area contributed by atoms with Crippen molar-refractivity contribution in [2.45, 2.75) is 32.3 Å². The highest BCUT2D eigenvalue weighted by molar-refractivity contribution is 7.89. The number of sulfonamides is 1. The SMILES string of the molecule is CC1(C)CN(S(=O)(=O)CC2CCNCC2)CCO1. The van der Waals surface area contributed by atoms with E-state index in [0.717, 1.165) is 25.9 Å². The monoisotopic (exact) mass is 276 g/mol. The van der Waals surface area contributed by atoms with E-state index in [1.165, 1.54) is 0 Å². The fourth-order valence-corrected chi connectivity index (χ4v) is 4.66. The number of nitrogens with zero attached hydrogens (tertiary/aromatic N) is 1. The summed E-state index contributed by atoms with van der Waals surface area (Å²) in [6.45, 7) is 7.23. The molecule has 0 unspecified atom stereocenters. The maximum absolute atomic E-state index is 12.4. The lowest BCUT2D eigenvalue weighted by molar-refractivity contribution is -0.0641. The van der Waals surface area contributed by atoms with E-state index in [4.69, 9.17) is 4.74 Å². The van der Waals surface area contributed by atoms with Crippen molar-refractivity contribution in [3.8, 4) is 0 Å². The van der Waals surface area contributed by atoms with E-state index in [1.54, 1.807) is 4.31 Å².